The van der Waals surface area contributed by atoms with Crippen LogP contribution in [0.25, 0.3) is 0 Å². The molecule has 0 radical (unpaired) electrons. The Kier molecular flexibility index (Phi) is 3.14. The molecule has 3 heteroatoms. The fourth-order valence-corrected chi connectivity index (χ4v) is 3.38. The largest absolute Gasteiger partial charge is 0.360 e. The molecule has 2 fully saturated rings. The van der Waals surface area contributed by atoms with Gasteiger partial charge >= 0.3 is 0 Å². The van der Waals surface area contributed by atoms with E-state index in [4.69, 9.17) is 5.41 Å². The maximum Gasteiger partial charge on any atom is 0.0958 e. The molecule has 2 aliphatic rings. The average Bonchev–Trinajstić information content (AvgIpc) is 2.54. The summed E-state index contributed by atoms with van der Waals surface area (Å²) in [6.45, 7) is 2.31. The minimum atomic E-state index is 0.875. The van der Waals surface area contributed by atoms with E-state index >= 15 is 0 Å². The van der Waals surface area contributed by atoms with Crippen molar-refractivity contribution in [2.75, 3.05) is 24.6 Å². The van der Waals surface area contributed by atoms with Crippen LogP contribution in [-0.2, 0) is 0 Å². The smallest absolute Gasteiger partial charge is 0.0958 e. The van der Waals surface area contributed by atoms with E-state index in [0.717, 1.165) is 24.7 Å². The number of nitrogens with zero attached hydrogens (tertiary/aromatic N) is 1. The number of thioether (sulfide) groups is 1. The Morgan fingerprint density at radius 1 is 1.38 bits per heavy atom. The van der Waals surface area contributed by atoms with Crippen LogP contribution < -0.4 is 0 Å². The summed E-state index contributed by atoms with van der Waals surface area (Å²) in [5.74, 6) is 4.44. The molecule has 2 saturated heterocycles. The molecule has 0 aromatic rings. The molecule has 0 saturated carbocycles. The fraction of sp³-hybridized carbons (Fsp3) is 0.900. The summed E-state index contributed by atoms with van der Waals surface area (Å²) in [4.78, 5) is 2.29. The van der Waals surface area contributed by atoms with Crippen molar-refractivity contribution in [2.24, 2.45) is 5.92 Å². The van der Waals surface area contributed by atoms with Crippen LogP contribution in [0.3, 0.4) is 0 Å². The number of hydrogen-bond donors (Lipinski definition) is 1. The van der Waals surface area contributed by atoms with Crippen LogP contribution in [0.15, 0.2) is 0 Å². The second kappa shape index (κ2) is 4.36. The lowest BCUT2D eigenvalue weighted by Crippen LogP contribution is -2.31. The lowest BCUT2D eigenvalue weighted by atomic mass is 10.0. The monoisotopic (exact) mass is 198 g/mol. The molecule has 2 heterocycles. The van der Waals surface area contributed by atoms with E-state index in [1.54, 1.807) is 0 Å². The first-order chi connectivity index (χ1) is 6.36. The highest BCUT2D eigenvalue weighted by Crippen LogP contribution is 2.24. The van der Waals surface area contributed by atoms with E-state index in [1.807, 2.05) is 0 Å². The van der Waals surface area contributed by atoms with Gasteiger partial charge in [-0.15, -0.1) is 0 Å². The zero-order chi connectivity index (χ0) is 9.10. The van der Waals surface area contributed by atoms with E-state index in [0.29, 0.717) is 0 Å². The molecular formula is C10H18N2S. The van der Waals surface area contributed by atoms with Crippen LogP contribution in [-0.4, -0.2) is 35.3 Å². The van der Waals surface area contributed by atoms with Gasteiger partial charge in [-0.1, -0.05) is 0 Å². The van der Waals surface area contributed by atoms with Crippen molar-refractivity contribution in [1.29, 1.82) is 5.41 Å². The molecule has 2 nitrogen and oxygen atoms in total. The Morgan fingerprint density at radius 3 is 2.77 bits per heavy atom. The summed E-state index contributed by atoms with van der Waals surface area (Å²) >= 11 is 2.09. The number of nitrogens with one attached hydrogen (secondary N) is 1. The van der Waals surface area contributed by atoms with Crippen molar-refractivity contribution in [3.05, 3.63) is 0 Å². The van der Waals surface area contributed by atoms with Gasteiger partial charge in [0, 0.05) is 19.5 Å². The summed E-state index contributed by atoms with van der Waals surface area (Å²) in [5, 5.41) is 7.75. The first-order valence-electron chi connectivity index (χ1n) is 5.26. The highest BCUT2D eigenvalue weighted by molar-refractivity contribution is 7.99. The number of hydrogen-bond acceptors (Lipinski definition) is 2. The van der Waals surface area contributed by atoms with Gasteiger partial charge in [-0.25, -0.2) is 0 Å². The van der Waals surface area contributed by atoms with Crippen molar-refractivity contribution in [3.63, 3.8) is 0 Å². The van der Waals surface area contributed by atoms with E-state index in [2.05, 4.69) is 16.7 Å². The van der Waals surface area contributed by atoms with E-state index < -0.39 is 0 Å². The third-order valence-electron chi connectivity index (χ3n) is 3.04. The van der Waals surface area contributed by atoms with Gasteiger partial charge in [-0.3, -0.25) is 5.41 Å². The normalized spacial score (nSPS) is 25.5. The van der Waals surface area contributed by atoms with Crippen molar-refractivity contribution < 1.29 is 0 Å². The highest BCUT2D eigenvalue weighted by Gasteiger charge is 2.22. The molecule has 74 valence electrons. The molecule has 0 amide bonds. The fourth-order valence-electron chi connectivity index (χ4n) is 2.17. The molecule has 0 spiro atoms. The number of rotatable bonds is 2. The van der Waals surface area contributed by atoms with Gasteiger partial charge in [0.2, 0.25) is 0 Å². The topological polar surface area (TPSA) is 27.1 Å². The lowest BCUT2D eigenvalue weighted by molar-refractivity contribution is 0.340. The first-order valence-corrected chi connectivity index (χ1v) is 6.42. The van der Waals surface area contributed by atoms with Crippen LogP contribution in [0.1, 0.15) is 25.7 Å². The van der Waals surface area contributed by atoms with Gasteiger partial charge in [-0.05, 0) is 36.7 Å². The Hall–Kier alpha value is -0.180. The second-order valence-corrected chi connectivity index (χ2v) is 5.28. The molecule has 2 rings (SSSR count). The molecule has 0 atom stereocenters. The zero-order valence-corrected chi connectivity index (χ0v) is 8.91. The minimum absolute atomic E-state index is 0.875. The quantitative estimate of drug-likeness (QED) is 0.736. The Bertz CT molecular complexity index is 187. The Morgan fingerprint density at radius 2 is 2.15 bits per heavy atom. The summed E-state index contributed by atoms with van der Waals surface area (Å²) in [7, 11) is 0. The number of amidine groups is 1. The summed E-state index contributed by atoms with van der Waals surface area (Å²) in [5.41, 5.74) is 0. The molecule has 0 bridgehead atoms. The number of likely N-dealkylation sites (tertiary alicyclic amines) is 1. The summed E-state index contributed by atoms with van der Waals surface area (Å²) in [6.07, 6.45) is 4.96. The van der Waals surface area contributed by atoms with Gasteiger partial charge in [-0.2, -0.15) is 11.8 Å². The highest BCUT2D eigenvalue weighted by atomic mass is 32.2. The van der Waals surface area contributed by atoms with E-state index in [-0.39, 0.29) is 0 Å². The summed E-state index contributed by atoms with van der Waals surface area (Å²) < 4.78 is 0. The molecule has 0 aliphatic carbocycles. The predicted octanol–water partition coefficient (Wildman–Crippen LogP) is 2.20. The maximum atomic E-state index is 7.75. The molecule has 13 heavy (non-hydrogen) atoms. The summed E-state index contributed by atoms with van der Waals surface area (Å²) in [6, 6.07) is 0. The van der Waals surface area contributed by atoms with Crippen molar-refractivity contribution >= 4 is 17.6 Å². The Labute approximate surface area is 84.6 Å². The zero-order valence-electron chi connectivity index (χ0n) is 8.09. The molecule has 0 aromatic carbocycles. The van der Waals surface area contributed by atoms with Crippen molar-refractivity contribution in [3.8, 4) is 0 Å². The van der Waals surface area contributed by atoms with Crippen LogP contribution >= 0.6 is 11.8 Å². The van der Waals surface area contributed by atoms with Crippen molar-refractivity contribution in [2.45, 2.75) is 25.7 Å². The van der Waals surface area contributed by atoms with Gasteiger partial charge in [0.1, 0.15) is 0 Å². The van der Waals surface area contributed by atoms with Crippen LogP contribution in [0, 0.1) is 11.3 Å². The van der Waals surface area contributed by atoms with Gasteiger partial charge < -0.3 is 4.90 Å². The SMILES string of the molecule is N=C1CCCN1CC1CCSCC1. The van der Waals surface area contributed by atoms with E-state index in [9.17, 15) is 0 Å². The van der Waals surface area contributed by atoms with Crippen LogP contribution in [0.2, 0.25) is 0 Å². The van der Waals surface area contributed by atoms with Crippen molar-refractivity contribution in [1.82, 2.24) is 4.90 Å². The van der Waals surface area contributed by atoms with Gasteiger partial charge in [0.25, 0.3) is 0 Å². The predicted molar refractivity (Wildman–Crippen MR) is 58.6 cm³/mol. The standard InChI is InChI=1S/C10H18N2S/c11-10-2-1-5-12(10)8-9-3-6-13-7-4-9/h9,11H,1-8H2. The second-order valence-electron chi connectivity index (χ2n) is 4.05. The first kappa shape index (κ1) is 9.38. The van der Waals surface area contributed by atoms with Crippen LogP contribution in [0.5, 0.6) is 0 Å². The molecule has 0 unspecified atom stereocenters. The molecule has 2 aliphatic heterocycles. The molecule has 1 N–H and O–H groups in total. The third kappa shape index (κ3) is 2.39. The Balaban J connectivity index is 1.79. The molecule has 0 aromatic heterocycles. The minimum Gasteiger partial charge on any atom is -0.360 e. The molecular weight excluding hydrogens is 180 g/mol. The van der Waals surface area contributed by atoms with Gasteiger partial charge in [0.15, 0.2) is 0 Å². The van der Waals surface area contributed by atoms with Gasteiger partial charge in [0.05, 0.1) is 5.84 Å². The van der Waals surface area contributed by atoms with E-state index in [1.165, 1.54) is 37.3 Å². The maximum absolute atomic E-state index is 7.75. The third-order valence-corrected chi connectivity index (χ3v) is 4.09. The van der Waals surface area contributed by atoms with Crippen LogP contribution in [0.4, 0.5) is 0 Å². The lowest BCUT2D eigenvalue weighted by Gasteiger charge is -2.27. The average molecular weight is 198 g/mol.